The van der Waals surface area contributed by atoms with Crippen molar-refractivity contribution < 1.29 is 36.9 Å². The molecule has 6 aromatic rings. The molecule has 17 heteroatoms. The molecule has 6 N–H and O–H groups in total. The smallest absolute Gasteiger partial charge is 0.753 e. The number of rotatable bonds is 4. The van der Waals surface area contributed by atoms with E-state index in [0.717, 1.165) is 22.3 Å². The quantitative estimate of drug-likeness (QED) is 0.113. The van der Waals surface area contributed by atoms with E-state index in [1.807, 2.05) is 48.5 Å². The molecule has 6 heterocycles. The van der Waals surface area contributed by atoms with Crippen molar-refractivity contribution in [1.29, 1.82) is 0 Å². The zero-order valence-electron chi connectivity index (χ0n) is 21.9. The van der Waals surface area contributed by atoms with E-state index in [2.05, 4.69) is 64.8 Å². The minimum Gasteiger partial charge on any atom is -0.753 e. The molecule has 0 fully saturated rings. The van der Waals surface area contributed by atoms with Crippen LogP contribution in [0.1, 0.15) is 0 Å². The van der Waals surface area contributed by atoms with Gasteiger partial charge in [-0.25, -0.2) is 0 Å². The second-order valence-electron chi connectivity index (χ2n) is 6.97. The van der Waals surface area contributed by atoms with E-state index in [1.165, 1.54) is 10.3 Å². The third kappa shape index (κ3) is 12.1. The molecule has 0 unspecified atom stereocenters. The van der Waals surface area contributed by atoms with E-state index in [9.17, 15) is 0 Å². The minimum atomic E-state index is 0. The first-order chi connectivity index (χ1) is 19.7. The maximum atomic E-state index is 7.13. The van der Waals surface area contributed by atoms with Crippen LogP contribution >= 0.6 is 24.4 Å². The van der Waals surface area contributed by atoms with E-state index in [1.54, 1.807) is 49.6 Å². The molecule has 218 valence electrons. The van der Waals surface area contributed by atoms with Crippen LogP contribution in [0.15, 0.2) is 107 Å². The third-order valence-electron chi connectivity index (χ3n) is 4.48. The minimum absolute atomic E-state index is 0. The molecular weight excluding hydrogens is 636 g/mol. The van der Waals surface area contributed by atoms with Gasteiger partial charge in [0.05, 0.1) is 22.3 Å². The summed E-state index contributed by atoms with van der Waals surface area (Å²) in [6.45, 7) is 0. The van der Waals surface area contributed by atoms with Gasteiger partial charge in [0.25, 0.3) is 0 Å². The van der Waals surface area contributed by atoms with Crippen molar-refractivity contribution >= 4 is 34.8 Å². The van der Waals surface area contributed by atoms with Gasteiger partial charge in [0.1, 0.15) is 0 Å². The predicted molar refractivity (Wildman–Crippen MR) is 163 cm³/mol. The number of pyridine rings is 4. The summed E-state index contributed by atoms with van der Waals surface area (Å²) in [6.07, 6.45) is 13.5. The first kappa shape index (κ1) is 37.9. The van der Waals surface area contributed by atoms with Gasteiger partial charge in [-0.2, -0.15) is 10.3 Å². The number of hydrogen-bond acceptors (Lipinski definition) is 12. The van der Waals surface area contributed by atoms with E-state index in [-0.39, 0.29) is 28.0 Å². The van der Waals surface area contributed by atoms with Crippen molar-refractivity contribution in [2.75, 3.05) is 0 Å². The number of nitrogens with zero attached hydrogens (tertiary/aromatic N) is 10. The Morgan fingerprint density at radius 3 is 0.860 bits per heavy atom. The molecule has 0 bridgehead atoms. The van der Waals surface area contributed by atoms with Crippen LogP contribution in [0.3, 0.4) is 0 Å². The Labute approximate surface area is 265 Å². The van der Waals surface area contributed by atoms with Gasteiger partial charge in [-0.05, 0) is 48.5 Å². The van der Waals surface area contributed by atoms with Crippen LogP contribution in [0.25, 0.3) is 56.6 Å². The van der Waals surface area contributed by atoms with Crippen LogP contribution in [-0.4, -0.2) is 50.7 Å². The first-order valence-corrected chi connectivity index (χ1v) is 11.8. The molecule has 0 aromatic carbocycles. The van der Waals surface area contributed by atoms with Crippen molar-refractivity contribution in [3.05, 3.63) is 109 Å². The fraction of sp³-hybridized carbons (Fsp3) is 0. The van der Waals surface area contributed by atoms with Crippen molar-refractivity contribution in [1.82, 2.24) is 40.3 Å². The summed E-state index contributed by atoms with van der Waals surface area (Å²) in [5.41, 5.74) is 3.20. The molecule has 0 saturated heterocycles. The predicted octanol–water partition coefficient (Wildman–Crippen LogP) is 3.86. The van der Waals surface area contributed by atoms with Crippen LogP contribution in [0.5, 0.6) is 0 Å². The zero-order chi connectivity index (χ0) is 28.4. The Hall–Kier alpha value is -5.08. The summed E-state index contributed by atoms with van der Waals surface area (Å²) < 4.78 is 11.1. The topological polar surface area (TPSA) is 240 Å². The largest absolute Gasteiger partial charge is 2.00 e. The van der Waals surface area contributed by atoms with E-state index < -0.39 is 0 Å². The third-order valence-corrected chi connectivity index (χ3v) is 4.48. The number of thiocarbonyl (C=S) groups is 2. The molecule has 43 heavy (non-hydrogen) atoms. The van der Waals surface area contributed by atoms with Gasteiger partial charge in [0, 0.05) is 49.6 Å². The number of isothiocyanates is 2. The summed E-state index contributed by atoms with van der Waals surface area (Å²) in [5.74, 6) is 1.82. The molecule has 0 aliphatic rings. The van der Waals surface area contributed by atoms with Crippen molar-refractivity contribution in [2.24, 2.45) is 0 Å². The van der Waals surface area contributed by atoms with E-state index in [0.29, 0.717) is 23.6 Å². The first-order valence-electron chi connectivity index (χ1n) is 11.0. The Morgan fingerprint density at radius 1 is 0.488 bits per heavy atom. The van der Waals surface area contributed by atoms with Crippen LogP contribution < -0.4 is 0 Å². The van der Waals surface area contributed by atoms with Crippen LogP contribution in [0.2, 0.25) is 0 Å². The van der Waals surface area contributed by atoms with Crippen molar-refractivity contribution in [2.45, 2.75) is 0 Å². The van der Waals surface area contributed by atoms with Crippen LogP contribution in [0, 0.1) is 0 Å². The molecule has 0 amide bonds. The number of aromatic nitrogens is 8. The summed E-state index contributed by atoms with van der Waals surface area (Å²) in [5, 5.41) is 32.8. The van der Waals surface area contributed by atoms with Crippen molar-refractivity contribution in [3.8, 4) is 45.8 Å². The Morgan fingerprint density at radius 2 is 0.698 bits per heavy atom. The molecule has 0 aliphatic heterocycles. The van der Waals surface area contributed by atoms with Gasteiger partial charge < -0.3 is 30.6 Å². The maximum absolute atomic E-state index is 7.13. The molecule has 0 spiro atoms. The van der Waals surface area contributed by atoms with E-state index >= 15 is 0 Å². The van der Waals surface area contributed by atoms with Crippen molar-refractivity contribution in [3.63, 3.8) is 0 Å². The zero-order valence-corrected chi connectivity index (χ0v) is 24.6. The summed E-state index contributed by atoms with van der Waals surface area (Å²) >= 11 is 7.40. The molecular formula is C26H22FeN10O4S2+2. The fourth-order valence-electron chi connectivity index (χ4n) is 2.87. The average Bonchev–Trinajstić information content (AvgIpc) is 3.72. The van der Waals surface area contributed by atoms with Crippen LogP contribution in [-0.2, 0) is 28.0 Å². The average molecular weight is 659 g/mol. The number of hydrogen-bond donors (Lipinski definition) is 0. The molecule has 0 saturated carbocycles. The normalized spacial score (nSPS) is 8.56. The second-order valence-corrected chi connectivity index (χ2v) is 7.34. The van der Waals surface area contributed by atoms with Crippen LogP contribution in [0.4, 0.5) is 0 Å². The van der Waals surface area contributed by atoms with Gasteiger partial charge in [0.15, 0.2) is 0 Å². The van der Waals surface area contributed by atoms with E-state index in [4.69, 9.17) is 19.7 Å². The summed E-state index contributed by atoms with van der Waals surface area (Å²) in [7, 11) is 0. The van der Waals surface area contributed by atoms with Gasteiger partial charge in [-0.1, -0.05) is 24.4 Å². The summed E-state index contributed by atoms with van der Waals surface area (Å²) in [4.78, 5) is 16.0. The molecule has 0 radical (unpaired) electrons. The monoisotopic (exact) mass is 658 g/mol. The fourth-order valence-corrected chi connectivity index (χ4v) is 2.87. The molecule has 6 rings (SSSR count). The Kier molecular flexibility index (Phi) is 19.1. The van der Waals surface area contributed by atoms with Gasteiger partial charge in [0.2, 0.25) is 23.6 Å². The second kappa shape index (κ2) is 21.6. The van der Waals surface area contributed by atoms with Gasteiger partial charge >= 0.3 is 17.1 Å². The Bertz CT molecular complexity index is 1420. The molecule has 6 aromatic heterocycles. The standard InChI is InChI=1S/2C12H8N4O.2CNS.Fe.2H2O/c2*1-3-9(7-13-5-1)11-15-16-12(17-11)10-4-2-6-14-8-10;2*2-1-3;;;/h2*1-8H;;;;2*1H2/q;;2*-1;+2;;/p+2. The SMILES string of the molecule is [Fe+2].[N-]=C=S.[N-]=C=S.[OH3+].[OH3+].c1cncc(-c2nnc(-c3cccnc3)o2)c1.c1cncc(-c2nnc(-c3cccnc3)o2)c1. The van der Waals surface area contributed by atoms with Gasteiger partial charge in [-0.3, -0.25) is 19.9 Å². The summed E-state index contributed by atoms with van der Waals surface area (Å²) in [6, 6.07) is 14.8. The molecule has 0 atom stereocenters. The maximum Gasteiger partial charge on any atom is 2.00 e. The molecule has 14 nitrogen and oxygen atoms in total. The van der Waals surface area contributed by atoms with Gasteiger partial charge in [-0.15, -0.1) is 20.4 Å². The molecule has 0 aliphatic carbocycles. The Balaban J connectivity index is 0.000000656.